The Morgan fingerprint density at radius 3 is 2.63 bits per heavy atom. The molecule has 27 heavy (non-hydrogen) atoms. The van der Waals surface area contributed by atoms with E-state index < -0.39 is 5.60 Å². The summed E-state index contributed by atoms with van der Waals surface area (Å²) in [6.45, 7) is 10.1. The average Bonchev–Trinajstić information content (AvgIpc) is 2.61. The van der Waals surface area contributed by atoms with Crippen LogP contribution in [0, 0.1) is 0 Å². The second kappa shape index (κ2) is 8.51. The Labute approximate surface area is 166 Å². The van der Waals surface area contributed by atoms with Gasteiger partial charge in [-0.2, -0.15) is 0 Å². The number of hydrogen-bond acceptors (Lipinski definition) is 4. The summed E-state index contributed by atoms with van der Waals surface area (Å²) in [4.78, 5) is 0. The van der Waals surface area contributed by atoms with Crippen LogP contribution in [0.1, 0.15) is 44.9 Å². The fourth-order valence-corrected chi connectivity index (χ4v) is 3.72. The summed E-state index contributed by atoms with van der Waals surface area (Å²) >= 11 is 6.10. The van der Waals surface area contributed by atoms with E-state index in [-0.39, 0.29) is 12.2 Å². The van der Waals surface area contributed by atoms with Gasteiger partial charge in [0.05, 0.1) is 6.61 Å². The van der Waals surface area contributed by atoms with Crippen molar-refractivity contribution >= 4 is 17.3 Å². The molecule has 0 bridgehead atoms. The van der Waals surface area contributed by atoms with Crippen molar-refractivity contribution in [3.05, 3.63) is 58.6 Å². The molecule has 1 N–H and O–H groups in total. The number of ether oxygens (including phenoxy) is 3. The van der Waals surface area contributed by atoms with Gasteiger partial charge in [-0.3, -0.25) is 0 Å². The van der Waals surface area contributed by atoms with Gasteiger partial charge in [0.2, 0.25) is 0 Å². The third kappa shape index (κ3) is 4.57. The Balaban J connectivity index is 1.89. The normalized spacial score (nSPS) is 20.6. The maximum absolute atomic E-state index is 6.33. The number of anilines is 1. The first-order valence-corrected chi connectivity index (χ1v) is 9.87. The van der Waals surface area contributed by atoms with Gasteiger partial charge < -0.3 is 19.5 Å². The van der Waals surface area contributed by atoms with Crippen molar-refractivity contribution in [2.75, 3.05) is 18.5 Å². The van der Waals surface area contributed by atoms with Gasteiger partial charge in [0.15, 0.2) is 0 Å². The monoisotopic (exact) mass is 389 g/mol. The molecule has 0 fully saturated rings. The molecule has 146 valence electrons. The lowest BCUT2D eigenvalue weighted by Gasteiger charge is -2.44. The highest BCUT2D eigenvalue weighted by atomic mass is 35.5. The van der Waals surface area contributed by atoms with Crippen LogP contribution in [0.5, 0.6) is 5.75 Å². The van der Waals surface area contributed by atoms with Crippen LogP contribution in [0.2, 0.25) is 5.02 Å². The van der Waals surface area contributed by atoms with Gasteiger partial charge in [-0.1, -0.05) is 23.7 Å². The molecule has 4 nitrogen and oxygen atoms in total. The predicted molar refractivity (Wildman–Crippen MR) is 110 cm³/mol. The van der Waals surface area contributed by atoms with Gasteiger partial charge >= 0.3 is 0 Å². The summed E-state index contributed by atoms with van der Waals surface area (Å²) in [7, 11) is 0. The van der Waals surface area contributed by atoms with Crippen molar-refractivity contribution in [2.24, 2.45) is 0 Å². The van der Waals surface area contributed by atoms with Crippen molar-refractivity contribution in [1.82, 2.24) is 0 Å². The molecule has 2 aromatic rings. The van der Waals surface area contributed by atoms with Gasteiger partial charge in [-0.05, 0) is 63.6 Å². The standard InChI is InChI=1S/C22H28ClNO3/c1-5-24-17-10-11-19-18(13-17)20(25-6-2)21(22(3,4)27-19)26-14-15-8-7-9-16(23)12-15/h7-13,20-21,24H,5-6,14H2,1-4H3. The molecule has 2 aromatic carbocycles. The summed E-state index contributed by atoms with van der Waals surface area (Å²) in [5, 5.41) is 4.06. The first-order chi connectivity index (χ1) is 12.9. The molecule has 0 saturated carbocycles. The third-order valence-electron chi connectivity index (χ3n) is 4.70. The molecule has 0 radical (unpaired) electrons. The van der Waals surface area contributed by atoms with Crippen molar-refractivity contribution < 1.29 is 14.2 Å². The molecule has 0 saturated heterocycles. The summed E-state index contributed by atoms with van der Waals surface area (Å²) in [6, 6.07) is 13.9. The Hall–Kier alpha value is -1.75. The molecule has 0 aliphatic carbocycles. The summed E-state index contributed by atoms with van der Waals surface area (Å²) < 4.78 is 18.8. The van der Waals surface area contributed by atoms with Crippen LogP contribution in [-0.2, 0) is 16.1 Å². The lowest BCUT2D eigenvalue weighted by molar-refractivity contribution is -0.165. The van der Waals surface area contributed by atoms with Crippen LogP contribution in [0.3, 0.4) is 0 Å². The highest BCUT2D eigenvalue weighted by Crippen LogP contribution is 2.44. The molecule has 2 atom stereocenters. The van der Waals surface area contributed by atoms with Gasteiger partial charge in [-0.25, -0.2) is 0 Å². The van der Waals surface area contributed by atoms with E-state index in [9.17, 15) is 0 Å². The van der Waals surface area contributed by atoms with Gasteiger partial charge in [0.25, 0.3) is 0 Å². The molecule has 0 amide bonds. The highest BCUT2D eigenvalue weighted by molar-refractivity contribution is 6.30. The van der Waals surface area contributed by atoms with Crippen LogP contribution in [-0.4, -0.2) is 24.9 Å². The van der Waals surface area contributed by atoms with Gasteiger partial charge in [0.1, 0.15) is 23.6 Å². The molecule has 1 aliphatic rings. The maximum Gasteiger partial charge on any atom is 0.132 e. The molecular formula is C22H28ClNO3. The molecule has 2 unspecified atom stereocenters. The lowest BCUT2D eigenvalue weighted by atomic mass is 9.87. The Kier molecular flexibility index (Phi) is 6.30. The molecular weight excluding hydrogens is 362 g/mol. The number of hydrogen-bond donors (Lipinski definition) is 1. The van der Waals surface area contributed by atoms with Gasteiger partial charge in [0, 0.05) is 29.4 Å². The van der Waals surface area contributed by atoms with E-state index in [1.54, 1.807) is 0 Å². The van der Waals surface area contributed by atoms with Crippen LogP contribution in [0.15, 0.2) is 42.5 Å². The number of benzene rings is 2. The Morgan fingerprint density at radius 2 is 1.93 bits per heavy atom. The van der Waals surface area contributed by atoms with Gasteiger partial charge in [-0.15, -0.1) is 0 Å². The Bertz CT molecular complexity index is 778. The van der Waals surface area contributed by atoms with Crippen LogP contribution in [0.4, 0.5) is 5.69 Å². The molecule has 0 spiro atoms. The fraction of sp³-hybridized carbons (Fsp3) is 0.455. The number of halogens is 1. The number of rotatable bonds is 7. The minimum absolute atomic E-state index is 0.202. The summed E-state index contributed by atoms with van der Waals surface area (Å²) in [5.74, 6) is 0.850. The molecule has 0 aromatic heterocycles. The molecule has 3 rings (SSSR count). The Morgan fingerprint density at radius 1 is 1.11 bits per heavy atom. The first kappa shape index (κ1) is 20.0. The molecule has 1 heterocycles. The third-order valence-corrected chi connectivity index (χ3v) is 4.93. The average molecular weight is 390 g/mol. The molecule has 1 aliphatic heterocycles. The lowest BCUT2D eigenvalue weighted by Crippen LogP contribution is -2.51. The quantitative estimate of drug-likeness (QED) is 0.668. The van der Waals surface area contributed by atoms with E-state index in [0.29, 0.717) is 18.2 Å². The largest absolute Gasteiger partial charge is 0.485 e. The first-order valence-electron chi connectivity index (χ1n) is 9.49. The van der Waals surface area contributed by atoms with Crippen molar-refractivity contribution in [3.8, 4) is 5.75 Å². The zero-order valence-electron chi connectivity index (χ0n) is 16.4. The van der Waals surface area contributed by atoms with E-state index in [1.165, 1.54) is 0 Å². The van der Waals surface area contributed by atoms with E-state index in [1.807, 2.05) is 57.2 Å². The predicted octanol–water partition coefficient (Wildman–Crippen LogP) is 5.61. The second-order valence-electron chi connectivity index (χ2n) is 7.23. The second-order valence-corrected chi connectivity index (χ2v) is 7.66. The van der Waals surface area contributed by atoms with Crippen molar-refractivity contribution in [2.45, 2.75) is 52.1 Å². The minimum Gasteiger partial charge on any atom is -0.485 e. The van der Waals surface area contributed by atoms with E-state index in [2.05, 4.69) is 18.3 Å². The summed E-state index contributed by atoms with van der Waals surface area (Å²) in [5.41, 5.74) is 2.58. The van der Waals surface area contributed by atoms with E-state index >= 15 is 0 Å². The van der Waals surface area contributed by atoms with E-state index in [4.69, 9.17) is 25.8 Å². The van der Waals surface area contributed by atoms with Crippen molar-refractivity contribution in [3.63, 3.8) is 0 Å². The van der Waals surface area contributed by atoms with Crippen molar-refractivity contribution in [1.29, 1.82) is 0 Å². The van der Waals surface area contributed by atoms with Crippen LogP contribution >= 0.6 is 11.6 Å². The highest BCUT2D eigenvalue weighted by Gasteiger charge is 2.45. The minimum atomic E-state index is -0.523. The van der Waals surface area contributed by atoms with Crippen LogP contribution < -0.4 is 10.1 Å². The van der Waals surface area contributed by atoms with Crippen LogP contribution in [0.25, 0.3) is 0 Å². The number of fused-ring (bicyclic) bond motifs is 1. The smallest absolute Gasteiger partial charge is 0.132 e. The zero-order valence-corrected chi connectivity index (χ0v) is 17.2. The zero-order chi connectivity index (χ0) is 19.4. The van der Waals surface area contributed by atoms with E-state index in [0.717, 1.165) is 29.1 Å². The topological polar surface area (TPSA) is 39.7 Å². The fourth-order valence-electron chi connectivity index (χ4n) is 3.50. The SMILES string of the molecule is CCNc1ccc2c(c1)C(OCC)C(OCc1cccc(Cl)c1)C(C)(C)O2. The maximum atomic E-state index is 6.33. The summed E-state index contributed by atoms with van der Waals surface area (Å²) in [6.07, 6.45) is -0.452. The molecule has 5 heteroatoms. The number of nitrogens with one attached hydrogen (secondary N) is 1.